The van der Waals surface area contributed by atoms with Crippen LogP contribution in [0.1, 0.15) is 37.1 Å². The smallest absolute Gasteiger partial charge is 0.199 e. The minimum absolute atomic E-state index is 0.207. The molecule has 0 aliphatic rings. The summed E-state index contributed by atoms with van der Waals surface area (Å²) in [5.41, 5.74) is 4.51. The maximum Gasteiger partial charge on any atom is 0.199 e. The first-order chi connectivity index (χ1) is 11.2. The lowest BCUT2D eigenvalue weighted by Crippen LogP contribution is -2.02. The number of fused-ring (bicyclic) bond motifs is 2. The van der Waals surface area contributed by atoms with Gasteiger partial charge < -0.3 is 9.97 Å². The van der Waals surface area contributed by atoms with E-state index in [0.717, 1.165) is 46.7 Å². The maximum absolute atomic E-state index is 4.57. The second-order valence-electron chi connectivity index (χ2n) is 5.73. The number of hydrogen-bond acceptors (Lipinski definition) is 5. The normalized spacial score (nSPS) is 13.0. The molecule has 4 rings (SSSR count). The number of nitrogens with zero attached hydrogens (tertiary/aromatic N) is 5. The van der Waals surface area contributed by atoms with E-state index in [1.54, 1.807) is 6.20 Å². The third kappa shape index (κ3) is 2.54. The first-order valence-electron chi connectivity index (χ1n) is 7.73. The summed E-state index contributed by atoms with van der Waals surface area (Å²) in [5, 5.41) is 7.88. The molecule has 23 heavy (non-hydrogen) atoms. The van der Waals surface area contributed by atoms with Crippen molar-refractivity contribution < 1.29 is 0 Å². The van der Waals surface area contributed by atoms with Crippen LogP contribution in [0.25, 0.3) is 22.2 Å². The van der Waals surface area contributed by atoms with Gasteiger partial charge >= 0.3 is 0 Å². The molecule has 7 heteroatoms. The Morgan fingerprint density at radius 2 is 2.09 bits per heavy atom. The van der Waals surface area contributed by atoms with Crippen molar-refractivity contribution in [1.82, 2.24) is 35.1 Å². The van der Waals surface area contributed by atoms with E-state index in [4.69, 9.17) is 0 Å². The van der Waals surface area contributed by atoms with E-state index in [9.17, 15) is 0 Å². The molecule has 0 fully saturated rings. The highest BCUT2D eigenvalue weighted by Gasteiger charge is 2.14. The molecule has 4 aromatic heterocycles. The van der Waals surface area contributed by atoms with E-state index in [2.05, 4.69) is 49.0 Å². The second-order valence-corrected chi connectivity index (χ2v) is 5.73. The van der Waals surface area contributed by atoms with Crippen LogP contribution in [-0.4, -0.2) is 35.1 Å². The molecular weight excluding hydrogens is 290 g/mol. The Labute approximate surface area is 132 Å². The highest BCUT2D eigenvalue weighted by atomic mass is 15.1. The van der Waals surface area contributed by atoms with E-state index in [0.29, 0.717) is 5.65 Å². The largest absolute Gasteiger partial charge is 0.341 e. The van der Waals surface area contributed by atoms with Gasteiger partial charge in [-0.15, -0.1) is 5.10 Å². The van der Waals surface area contributed by atoms with Gasteiger partial charge in [0.1, 0.15) is 11.6 Å². The molecule has 0 aliphatic heterocycles. The van der Waals surface area contributed by atoms with Crippen LogP contribution in [0, 0.1) is 0 Å². The summed E-state index contributed by atoms with van der Waals surface area (Å²) in [7, 11) is 0. The summed E-state index contributed by atoms with van der Waals surface area (Å²) < 4.78 is 0. The van der Waals surface area contributed by atoms with Gasteiger partial charge in [0.2, 0.25) is 0 Å². The Bertz CT molecular complexity index is 936. The van der Waals surface area contributed by atoms with Crippen molar-refractivity contribution in [1.29, 1.82) is 0 Å². The van der Waals surface area contributed by atoms with Crippen LogP contribution >= 0.6 is 0 Å². The summed E-state index contributed by atoms with van der Waals surface area (Å²) in [6, 6.07) is 3.93. The first kappa shape index (κ1) is 13.8. The van der Waals surface area contributed by atoms with Gasteiger partial charge in [0, 0.05) is 18.0 Å². The Kier molecular flexibility index (Phi) is 3.25. The van der Waals surface area contributed by atoms with Gasteiger partial charge in [0.25, 0.3) is 0 Å². The fraction of sp³-hybridized carbons (Fsp3) is 0.312. The lowest BCUT2D eigenvalue weighted by atomic mass is 10.0. The van der Waals surface area contributed by atoms with Crippen molar-refractivity contribution in [3.8, 4) is 0 Å². The molecule has 116 valence electrons. The van der Waals surface area contributed by atoms with Crippen molar-refractivity contribution in [3.63, 3.8) is 0 Å². The minimum Gasteiger partial charge on any atom is -0.341 e. The molecule has 0 bridgehead atoms. The fourth-order valence-corrected chi connectivity index (χ4v) is 2.71. The number of nitrogens with one attached hydrogen (secondary N) is 2. The molecule has 0 radical (unpaired) electrons. The Morgan fingerprint density at radius 3 is 2.91 bits per heavy atom. The highest BCUT2D eigenvalue weighted by molar-refractivity contribution is 5.74. The molecular formula is C16H17N7. The SMILES string of the molecule is CCc1nc2cc(CC(C)c3nc4nnccc4[nH]3)ncc2[nH]1. The average molecular weight is 307 g/mol. The predicted octanol–water partition coefficient (Wildman–Crippen LogP) is 2.53. The quantitative estimate of drug-likeness (QED) is 0.604. The lowest BCUT2D eigenvalue weighted by Gasteiger charge is -2.07. The minimum atomic E-state index is 0.207. The monoisotopic (exact) mass is 307 g/mol. The molecule has 0 aliphatic carbocycles. The van der Waals surface area contributed by atoms with Crippen molar-refractivity contribution in [2.45, 2.75) is 32.6 Å². The Morgan fingerprint density at radius 1 is 1.17 bits per heavy atom. The molecule has 0 spiro atoms. The van der Waals surface area contributed by atoms with Gasteiger partial charge in [-0.1, -0.05) is 13.8 Å². The third-order valence-corrected chi connectivity index (χ3v) is 3.98. The molecule has 2 N–H and O–H groups in total. The number of hydrogen-bond donors (Lipinski definition) is 2. The zero-order chi connectivity index (χ0) is 15.8. The van der Waals surface area contributed by atoms with Crippen LogP contribution < -0.4 is 0 Å². The van der Waals surface area contributed by atoms with Crippen molar-refractivity contribution in [3.05, 3.63) is 41.9 Å². The number of H-pyrrole nitrogens is 2. The molecule has 4 heterocycles. The second kappa shape index (κ2) is 5.42. The standard InChI is InChI=1S/C16H17N7/c1-3-14-19-12-7-10(17-8-13(12)20-14)6-9(2)15-21-11-4-5-18-23-16(11)22-15/h4-5,7-9H,3,6H2,1-2H3,(H,19,20)(H,21,22,23). The van der Waals surface area contributed by atoms with Gasteiger partial charge in [0.05, 0.1) is 28.9 Å². The number of pyridine rings is 1. The number of aromatic amines is 2. The van der Waals surface area contributed by atoms with Crippen LogP contribution in [0.2, 0.25) is 0 Å². The molecule has 0 saturated carbocycles. The van der Waals surface area contributed by atoms with Gasteiger partial charge in [-0.05, 0) is 18.6 Å². The van der Waals surface area contributed by atoms with E-state index >= 15 is 0 Å². The van der Waals surface area contributed by atoms with Crippen LogP contribution in [-0.2, 0) is 12.8 Å². The zero-order valence-corrected chi connectivity index (χ0v) is 13.0. The van der Waals surface area contributed by atoms with Crippen LogP contribution in [0.15, 0.2) is 24.5 Å². The van der Waals surface area contributed by atoms with E-state index in [1.807, 2.05) is 18.3 Å². The number of rotatable bonds is 4. The molecule has 0 amide bonds. The van der Waals surface area contributed by atoms with E-state index in [-0.39, 0.29) is 5.92 Å². The fourth-order valence-electron chi connectivity index (χ4n) is 2.71. The Hall–Kier alpha value is -2.83. The third-order valence-electron chi connectivity index (χ3n) is 3.98. The molecule has 0 aromatic carbocycles. The maximum atomic E-state index is 4.57. The highest BCUT2D eigenvalue weighted by Crippen LogP contribution is 2.21. The van der Waals surface area contributed by atoms with Crippen molar-refractivity contribution >= 4 is 22.2 Å². The van der Waals surface area contributed by atoms with Crippen LogP contribution in [0.3, 0.4) is 0 Å². The van der Waals surface area contributed by atoms with Gasteiger partial charge in [0.15, 0.2) is 5.65 Å². The first-order valence-corrected chi connectivity index (χ1v) is 7.73. The Balaban J connectivity index is 1.61. The summed E-state index contributed by atoms with van der Waals surface area (Å²) in [6.45, 7) is 4.21. The van der Waals surface area contributed by atoms with E-state index < -0.39 is 0 Å². The van der Waals surface area contributed by atoms with Gasteiger partial charge in [-0.2, -0.15) is 5.10 Å². The van der Waals surface area contributed by atoms with Gasteiger partial charge in [-0.3, -0.25) is 4.98 Å². The lowest BCUT2D eigenvalue weighted by molar-refractivity contribution is 0.700. The summed E-state index contributed by atoms with van der Waals surface area (Å²) in [6.07, 6.45) is 5.19. The van der Waals surface area contributed by atoms with Crippen molar-refractivity contribution in [2.75, 3.05) is 0 Å². The number of imidazole rings is 2. The van der Waals surface area contributed by atoms with Crippen LogP contribution in [0.4, 0.5) is 0 Å². The van der Waals surface area contributed by atoms with Gasteiger partial charge in [-0.25, -0.2) is 9.97 Å². The topological polar surface area (TPSA) is 96.0 Å². The molecule has 0 saturated heterocycles. The zero-order valence-electron chi connectivity index (χ0n) is 13.0. The molecule has 4 aromatic rings. The molecule has 1 atom stereocenters. The van der Waals surface area contributed by atoms with E-state index in [1.165, 1.54) is 0 Å². The summed E-state index contributed by atoms with van der Waals surface area (Å²) in [5.74, 6) is 2.10. The van der Waals surface area contributed by atoms with Crippen LogP contribution in [0.5, 0.6) is 0 Å². The predicted molar refractivity (Wildman–Crippen MR) is 87.1 cm³/mol. The van der Waals surface area contributed by atoms with Crippen molar-refractivity contribution in [2.24, 2.45) is 0 Å². The summed E-state index contributed by atoms with van der Waals surface area (Å²) in [4.78, 5) is 20.2. The summed E-state index contributed by atoms with van der Waals surface area (Å²) >= 11 is 0. The number of aryl methyl sites for hydroxylation is 1. The molecule has 1 unspecified atom stereocenters. The number of aromatic nitrogens is 7. The average Bonchev–Trinajstić information content (AvgIpc) is 3.17. The molecule has 7 nitrogen and oxygen atoms in total.